The van der Waals surface area contributed by atoms with E-state index in [1.807, 2.05) is 0 Å². The lowest BCUT2D eigenvalue weighted by Crippen LogP contribution is -2.31. The van der Waals surface area contributed by atoms with Gasteiger partial charge in [0.1, 0.15) is 0 Å². The van der Waals surface area contributed by atoms with Gasteiger partial charge in [-0.25, -0.2) is 4.79 Å². The van der Waals surface area contributed by atoms with Crippen molar-refractivity contribution in [2.24, 2.45) is 0 Å². The summed E-state index contributed by atoms with van der Waals surface area (Å²) in [5.74, 6) is -2.97. The predicted octanol–water partition coefficient (Wildman–Crippen LogP) is 1.86. The molecule has 0 aliphatic heterocycles. The Balaban J connectivity index is 3.88. The molecule has 0 heterocycles. The summed E-state index contributed by atoms with van der Waals surface area (Å²) in [6.07, 6.45) is 3.09. The summed E-state index contributed by atoms with van der Waals surface area (Å²) in [6, 6.07) is 0. The summed E-state index contributed by atoms with van der Waals surface area (Å²) >= 11 is 0. The molecule has 0 radical (unpaired) electrons. The fourth-order valence-corrected chi connectivity index (χ4v) is 1.33. The summed E-state index contributed by atoms with van der Waals surface area (Å²) in [5, 5.41) is 8.66. The molecule has 0 aromatic heterocycles. The van der Waals surface area contributed by atoms with Crippen LogP contribution in [0.4, 0.5) is 0 Å². The van der Waals surface area contributed by atoms with Gasteiger partial charge in [0, 0.05) is 13.3 Å². The number of carboxylic acids is 1. The number of hydrogen-bond donors (Lipinski definition) is 1. The van der Waals surface area contributed by atoms with Crippen LogP contribution in [0.5, 0.6) is 0 Å². The van der Waals surface area contributed by atoms with Crippen LogP contribution >= 0.6 is 0 Å². The second-order valence-corrected chi connectivity index (χ2v) is 3.93. The first-order valence-corrected chi connectivity index (χ1v) is 6.06. The fraction of sp³-hybridized carbons (Fsp3) is 0.750. The van der Waals surface area contributed by atoms with Crippen molar-refractivity contribution in [3.8, 4) is 0 Å². The van der Waals surface area contributed by atoms with E-state index < -0.39 is 24.2 Å². The van der Waals surface area contributed by atoms with Gasteiger partial charge in [-0.3, -0.25) is 9.59 Å². The normalized spacial score (nSPS) is 11.7. The van der Waals surface area contributed by atoms with E-state index in [-0.39, 0.29) is 6.42 Å². The van der Waals surface area contributed by atoms with Gasteiger partial charge in [-0.05, 0) is 6.42 Å². The molecule has 1 unspecified atom stereocenters. The van der Waals surface area contributed by atoms with Crippen molar-refractivity contribution in [2.45, 2.75) is 58.7 Å². The minimum Gasteiger partial charge on any atom is -0.476 e. The standard InChI is InChI=1S/C12H20O6/c1-3-4-5-6-7-8-10(14)18-12(11(15)16)17-9(2)13/h12H,3-8H2,1-2H3,(H,15,16). The first kappa shape index (κ1) is 16.4. The molecule has 1 atom stereocenters. The molecular formula is C12H20O6. The van der Waals surface area contributed by atoms with Crippen LogP contribution in [0.2, 0.25) is 0 Å². The Bertz CT molecular complexity index is 286. The Morgan fingerprint density at radius 1 is 1.06 bits per heavy atom. The molecular weight excluding hydrogens is 240 g/mol. The zero-order valence-electron chi connectivity index (χ0n) is 10.8. The Labute approximate surface area is 106 Å². The molecule has 6 heteroatoms. The molecule has 1 N–H and O–H groups in total. The number of esters is 2. The van der Waals surface area contributed by atoms with Crippen molar-refractivity contribution in [3.05, 3.63) is 0 Å². The van der Waals surface area contributed by atoms with E-state index in [2.05, 4.69) is 16.4 Å². The quantitative estimate of drug-likeness (QED) is 0.386. The molecule has 0 aliphatic carbocycles. The third-order valence-corrected chi connectivity index (χ3v) is 2.20. The summed E-state index contributed by atoms with van der Waals surface area (Å²) in [7, 11) is 0. The van der Waals surface area contributed by atoms with Crippen LogP contribution in [-0.2, 0) is 23.9 Å². The Hall–Kier alpha value is -1.59. The second kappa shape index (κ2) is 9.44. The zero-order valence-corrected chi connectivity index (χ0v) is 10.8. The highest BCUT2D eigenvalue weighted by Gasteiger charge is 2.24. The van der Waals surface area contributed by atoms with Gasteiger partial charge in [0.2, 0.25) is 0 Å². The lowest BCUT2D eigenvalue weighted by molar-refractivity contribution is -0.200. The highest BCUT2D eigenvalue weighted by Crippen LogP contribution is 2.07. The first-order chi connectivity index (χ1) is 8.47. The molecule has 0 aromatic rings. The van der Waals surface area contributed by atoms with E-state index in [9.17, 15) is 14.4 Å². The smallest absolute Gasteiger partial charge is 0.387 e. The Kier molecular flexibility index (Phi) is 8.61. The number of aliphatic carboxylic acids is 1. The third kappa shape index (κ3) is 8.55. The molecule has 0 rings (SSSR count). The maximum absolute atomic E-state index is 11.3. The van der Waals surface area contributed by atoms with Gasteiger partial charge in [0.15, 0.2) is 0 Å². The maximum Gasteiger partial charge on any atom is 0.387 e. The van der Waals surface area contributed by atoms with Crippen LogP contribution in [0.1, 0.15) is 52.4 Å². The number of rotatable bonds is 9. The SMILES string of the molecule is CCCCCCCC(=O)OC(OC(C)=O)C(=O)O. The summed E-state index contributed by atoms with van der Waals surface area (Å²) in [4.78, 5) is 32.5. The molecule has 0 bridgehead atoms. The monoisotopic (exact) mass is 260 g/mol. The van der Waals surface area contributed by atoms with Crippen LogP contribution in [0.3, 0.4) is 0 Å². The molecule has 0 saturated carbocycles. The van der Waals surface area contributed by atoms with Crippen molar-refractivity contribution in [1.82, 2.24) is 0 Å². The summed E-state index contributed by atoms with van der Waals surface area (Å²) in [5.41, 5.74) is 0. The number of carbonyl (C=O) groups is 3. The lowest BCUT2D eigenvalue weighted by Gasteiger charge is -2.12. The minimum atomic E-state index is -1.84. The molecule has 0 saturated heterocycles. The number of unbranched alkanes of at least 4 members (excludes halogenated alkanes) is 4. The zero-order chi connectivity index (χ0) is 14.0. The highest BCUT2D eigenvalue weighted by molar-refractivity contribution is 5.79. The van der Waals surface area contributed by atoms with Crippen LogP contribution in [0, 0.1) is 0 Å². The average Bonchev–Trinajstić information content (AvgIpc) is 2.27. The van der Waals surface area contributed by atoms with Gasteiger partial charge in [0.25, 0.3) is 0 Å². The molecule has 18 heavy (non-hydrogen) atoms. The van der Waals surface area contributed by atoms with E-state index >= 15 is 0 Å². The van der Waals surface area contributed by atoms with Gasteiger partial charge in [-0.15, -0.1) is 0 Å². The molecule has 6 nitrogen and oxygen atoms in total. The lowest BCUT2D eigenvalue weighted by atomic mass is 10.1. The van der Waals surface area contributed by atoms with E-state index in [1.165, 1.54) is 0 Å². The summed E-state index contributed by atoms with van der Waals surface area (Å²) in [6.45, 7) is 3.14. The fourth-order valence-electron chi connectivity index (χ4n) is 1.33. The Morgan fingerprint density at radius 2 is 1.67 bits per heavy atom. The van der Waals surface area contributed by atoms with Crippen molar-refractivity contribution in [2.75, 3.05) is 0 Å². The van der Waals surface area contributed by atoms with Crippen molar-refractivity contribution < 1.29 is 29.0 Å². The van der Waals surface area contributed by atoms with Crippen molar-refractivity contribution in [1.29, 1.82) is 0 Å². The average molecular weight is 260 g/mol. The topological polar surface area (TPSA) is 89.9 Å². The maximum atomic E-state index is 11.3. The minimum absolute atomic E-state index is 0.134. The van der Waals surface area contributed by atoms with Gasteiger partial charge in [0.05, 0.1) is 0 Å². The van der Waals surface area contributed by atoms with Crippen LogP contribution in [0.15, 0.2) is 0 Å². The molecule has 104 valence electrons. The molecule has 0 amide bonds. The van der Waals surface area contributed by atoms with Crippen molar-refractivity contribution in [3.63, 3.8) is 0 Å². The number of carbonyl (C=O) groups excluding carboxylic acids is 2. The van der Waals surface area contributed by atoms with Gasteiger partial charge >= 0.3 is 24.2 Å². The summed E-state index contributed by atoms with van der Waals surface area (Å²) < 4.78 is 8.89. The third-order valence-electron chi connectivity index (χ3n) is 2.20. The number of ether oxygens (including phenoxy) is 2. The Morgan fingerprint density at radius 3 is 2.17 bits per heavy atom. The van der Waals surface area contributed by atoms with Gasteiger partial charge in [-0.2, -0.15) is 0 Å². The van der Waals surface area contributed by atoms with Crippen LogP contribution in [-0.4, -0.2) is 29.3 Å². The first-order valence-electron chi connectivity index (χ1n) is 6.06. The predicted molar refractivity (Wildman–Crippen MR) is 62.7 cm³/mol. The molecule has 0 aliphatic rings. The largest absolute Gasteiger partial charge is 0.476 e. The number of hydrogen-bond acceptors (Lipinski definition) is 5. The van der Waals surface area contributed by atoms with Crippen molar-refractivity contribution >= 4 is 17.9 Å². The van der Waals surface area contributed by atoms with E-state index in [0.717, 1.165) is 32.6 Å². The molecule has 0 aromatic carbocycles. The van der Waals surface area contributed by atoms with Gasteiger partial charge < -0.3 is 14.6 Å². The van der Waals surface area contributed by atoms with Crippen LogP contribution < -0.4 is 0 Å². The van der Waals surface area contributed by atoms with E-state index in [4.69, 9.17) is 5.11 Å². The highest BCUT2D eigenvalue weighted by atomic mass is 16.7. The van der Waals surface area contributed by atoms with E-state index in [0.29, 0.717) is 6.42 Å². The van der Waals surface area contributed by atoms with E-state index in [1.54, 1.807) is 0 Å². The van der Waals surface area contributed by atoms with Gasteiger partial charge in [-0.1, -0.05) is 32.6 Å². The van der Waals surface area contributed by atoms with Crippen LogP contribution in [0.25, 0.3) is 0 Å². The second-order valence-electron chi connectivity index (χ2n) is 3.93. The number of carboxylic acid groups (broad SMARTS) is 1. The molecule has 0 spiro atoms. The molecule has 0 fully saturated rings.